The highest BCUT2D eigenvalue weighted by atomic mass is 15.3. The zero-order valence-electron chi connectivity index (χ0n) is 13.4. The van der Waals surface area contributed by atoms with Gasteiger partial charge in [-0.1, -0.05) is 19.9 Å². The molecule has 0 bridgehead atoms. The van der Waals surface area contributed by atoms with Crippen LogP contribution < -0.4 is 5.32 Å². The Bertz CT molecular complexity index is 838. The second-order valence-corrected chi connectivity index (χ2v) is 6.39. The third kappa shape index (κ3) is 2.65. The maximum Gasteiger partial charge on any atom is 0.138 e. The van der Waals surface area contributed by atoms with E-state index in [9.17, 15) is 0 Å². The first kappa shape index (κ1) is 14.1. The molecule has 1 aliphatic heterocycles. The molecule has 23 heavy (non-hydrogen) atoms. The van der Waals surface area contributed by atoms with Crippen molar-refractivity contribution in [1.82, 2.24) is 24.7 Å². The van der Waals surface area contributed by atoms with Gasteiger partial charge in [0, 0.05) is 17.8 Å². The molecule has 3 heterocycles. The fraction of sp³-hybridized carbons (Fsp3) is 0.412. The third-order valence-corrected chi connectivity index (χ3v) is 4.47. The van der Waals surface area contributed by atoms with E-state index in [1.807, 2.05) is 4.68 Å². The molecular formula is C17H20N6. The normalized spacial score (nSPS) is 17.4. The average molecular weight is 308 g/mol. The molecular weight excluding hydrogens is 288 g/mol. The second-order valence-electron chi connectivity index (χ2n) is 6.39. The first-order valence-corrected chi connectivity index (χ1v) is 8.08. The summed E-state index contributed by atoms with van der Waals surface area (Å²) in [6, 6.07) is 6.73. The number of fused-ring (bicyclic) bond motifs is 2. The van der Waals surface area contributed by atoms with E-state index >= 15 is 0 Å². The topological polar surface area (TPSA) is 68.5 Å². The first-order valence-electron chi connectivity index (χ1n) is 8.08. The summed E-state index contributed by atoms with van der Waals surface area (Å²) in [5.74, 6) is 2.46. The van der Waals surface area contributed by atoms with Crippen LogP contribution in [-0.4, -0.2) is 30.8 Å². The van der Waals surface area contributed by atoms with E-state index in [1.54, 1.807) is 12.7 Å². The molecule has 6 heteroatoms. The highest BCUT2D eigenvalue weighted by Gasteiger charge is 2.20. The van der Waals surface area contributed by atoms with Crippen molar-refractivity contribution < 1.29 is 0 Å². The summed E-state index contributed by atoms with van der Waals surface area (Å²) >= 11 is 0. The lowest BCUT2D eigenvalue weighted by Gasteiger charge is -2.24. The summed E-state index contributed by atoms with van der Waals surface area (Å²) in [6.45, 7) is 5.22. The molecule has 0 fully saturated rings. The van der Waals surface area contributed by atoms with Gasteiger partial charge in [0.2, 0.25) is 0 Å². The molecule has 1 N–H and O–H groups in total. The summed E-state index contributed by atoms with van der Waals surface area (Å²) in [5, 5.41) is 8.95. The molecule has 4 rings (SSSR count). The Hall–Kier alpha value is -2.50. The number of aromatic nitrogens is 5. The minimum atomic E-state index is 0.310. The lowest BCUT2D eigenvalue weighted by Crippen LogP contribution is -2.32. The van der Waals surface area contributed by atoms with E-state index in [-0.39, 0.29) is 0 Å². The maximum absolute atomic E-state index is 4.48. The number of anilines is 1. The van der Waals surface area contributed by atoms with Crippen LogP contribution in [-0.2, 0) is 13.0 Å². The van der Waals surface area contributed by atoms with Gasteiger partial charge in [-0.25, -0.2) is 19.6 Å². The second kappa shape index (κ2) is 5.61. The fourth-order valence-electron chi connectivity index (χ4n) is 3.10. The molecule has 0 saturated heterocycles. The van der Waals surface area contributed by atoms with Gasteiger partial charge in [0.05, 0.1) is 12.1 Å². The van der Waals surface area contributed by atoms with Crippen LogP contribution in [0, 0.1) is 0 Å². The van der Waals surface area contributed by atoms with Crippen molar-refractivity contribution in [1.29, 1.82) is 0 Å². The molecule has 0 amide bonds. The predicted octanol–water partition coefficient (Wildman–Crippen LogP) is 2.77. The van der Waals surface area contributed by atoms with Crippen molar-refractivity contribution in [2.75, 3.05) is 5.32 Å². The van der Waals surface area contributed by atoms with Gasteiger partial charge in [-0.2, -0.15) is 5.10 Å². The van der Waals surface area contributed by atoms with Crippen LogP contribution >= 0.6 is 0 Å². The van der Waals surface area contributed by atoms with Crippen molar-refractivity contribution in [2.45, 2.75) is 45.2 Å². The number of benzene rings is 1. The Morgan fingerprint density at radius 3 is 2.96 bits per heavy atom. The molecule has 0 radical (unpaired) electrons. The van der Waals surface area contributed by atoms with E-state index in [0.717, 1.165) is 41.9 Å². The van der Waals surface area contributed by atoms with E-state index in [2.05, 4.69) is 57.4 Å². The molecule has 1 aliphatic rings. The Balaban J connectivity index is 1.65. The predicted molar refractivity (Wildman–Crippen MR) is 89.4 cm³/mol. The van der Waals surface area contributed by atoms with Gasteiger partial charge >= 0.3 is 0 Å². The highest BCUT2D eigenvalue weighted by molar-refractivity contribution is 5.89. The lowest BCUT2D eigenvalue weighted by molar-refractivity contribution is 0.441. The minimum Gasteiger partial charge on any atom is -0.365 e. The number of hydrogen-bond acceptors (Lipinski definition) is 5. The van der Waals surface area contributed by atoms with Crippen LogP contribution in [0.1, 0.15) is 37.6 Å². The minimum absolute atomic E-state index is 0.310. The van der Waals surface area contributed by atoms with Gasteiger partial charge in [-0.3, -0.25) is 0 Å². The zero-order valence-corrected chi connectivity index (χ0v) is 13.4. The average Bonchev–Trinajstić information content (AvgIpc) is 3.02. The standard InChI is InChI=1S/C17H20N6/c1-11(2)12-3-5-15-14(7-12)17(20-9-18-15)22-13-4-6-16-19-10-21-23(16)8-13/h3,5,7,9-11,13H,4,6,8H2,1-2H3,(H,18,20,22). The van der Waals surface area contributed by atoms with E-state index in [0.29, 0.717) is 12.0 Å². The Labute approximate surface area is 135 Å². The van der Waals surface area contributed by atoms with Gasteiger partial charge < -0.3 is 5.32 Å². The summed E-state index contributed by atoms with van der Waals surface area (Å²) < 4.78 is 1.98. The number of aryl methyl sites for hydroxylation is 1. The molecule has 118 valence electrons. The number of nitrogens with zero attached hydrogens (tertiary/aromatic N) is 5. The molecule has 2 aromatic heterocycles. The molecule has 0 saturated carbocycles. The molecule has 0 aliphatic carbocycles. The van der Waals surface area contributed by atoms with Crippen LogP contribution in [0.25, 0.3) is 10.9 Å². The highest BCUT2D eigenvalue weighted by Crippen LogP contribution is 2.26. The van der Waals surface area contributed by atoms with Crippen LogP contribution in [0.15, 0.2) is 30.9 Å². The van der Waals surface area contributed by atoms with Gasteiger partial charge in [0.25, 0.3) is 0 Å². The van der Waals surface area contributed by atoms with Crippen molar-refractivity contribution in [3.63, 3.8) is 0 Å². The quantitative estimate of drug-likeness (QED) is 0.806. The van der Waals surface area contributed by atoms with Gasteiger partial charge in [0.1, 0.15) is 24.3 Å². The van der Waals surface area contributed by atoms with Crippen LogP contribution in [0.2, 0.25) is 0 Å². The van der Waals surface area contributed by atoms with Crippen LogP contribution in [0.4, 0.5) is 5.82 Å². The zero-order chi connectivity index (χ0) is 15.8. The SMILES string of the molecule is CC(C)c1ccc2ncnc(NC3CCc4ncnn4C3)c2c1. The summed E-state index contributed by atoms with van der Waals surface area (Å²) in [6.07, 6.45) is 5.24. The molecule has 1 atom stereocenters. The van der Waals surface area contributed by atoms with Gasteiger partial charge in [0.15, 0.2) is 0 Å². The smallest absolute Gasteiger partial charge is 0.138 e. The largest absolute Gasteiger partial charge is 0.365 e. The van der Waals surface area contributed by atoms with Crippen LogP contribution in [0.3, 0.4) is 0 Å². The fourth-order valence-corrected chi connectivity index (χ4v) is 3.10. The van der Waals surface area contributed by atoms with E-state index in [1.165, 1.54) is 5.56 Å². The van der Waals surface area contributed by atoms with Gasteiger partial charge in [-0.15, -0.1) is 0 Å². The van der Waals surface area contributed by atoms with Crippen molar-refractivity contribution in [3.05, 3.63) is 42.2 Å². The summed E-state index contributed by atoms with van der Waals surface area (Å²) in [5.41, 5.74) is 2.28. The molecule has 3 aromatic rings. The van der Waals surface area contributed by atoms with Crippen molar-refractivity contribution in [3.8, 4) is 0 Å². The van der Waals surface area contributed by atoms with Crippen molar-refractivity contribution in [2.24, 2.45) is 0 Å². The maximum atomic E-state index is 4.48. The third-order valence-electron chi connectivity index (χ3n) is 4.47. The van der Waals surface area contributed by atoms with E-state index < -0.39 is 0 Å². The number of rotatable bonds is 3. The lowest BCUT2D eigenvalue weighted by atomic mass is 10.0. The molecule has 1 aromatic carbocycles. The van der Waals surface area contributed by atoms with Crippen LogP contribution in [0.5, 0.6) is 0 Å². The van der Waals surface area contributed by atoms with Crippen molar-refractivity contribution >= 4 is 16.7 Å². The summed E-state index contributed by atoms with van der Waals surface area (Å²) in [7, 11) is 0. The monoisotopic (exact) mass is 308 g/mol. The van der Waals surface area contributed by atoms with Gasteiger partial charge in [-0.05, 0) is 30.0 Å². The number of hydrogen-bond donors (Lipinski definition) is 1. The number of nitrogens with one attached hydrogen (secondary N) is 1. The Morgan fingerprint density at radius 2 is 2.09 bits per heavy atom. The Morgan fingerprint density at radius 1 is 1.17 bits per heavy atom. The molecule has 6 nitrogen and oxygen atoms in total. The summed E-state index contributed by atoms with van der Waals surface area (Å²) in [4.78, 5) is 13.1. The Kier molecular flexibility index (Phi) is 3.44. The molecule has 0 spiro atoms. The van der Waals surface area contributed by atoms with E-state index in [4.69, 9.17) is 0 Å². The molecule has 1 unspecified atom stereocenters. The first-order chi connectivity index (χ1) is 11.2.